The number of nitrogens with one attached hydrogen (secondary N) is 2. The van der Waals surface area contributed by atoms with Crippen molar-refractivity contribution in [3.63, 3.8) is 0 Å². The first-order valence-corrected chi connectivity index (χ1v) is 13.1. The molecule has 0 unspecified atom stereocenters. The number of alkyl carbamates (subject to hydrolysis) is 1. The Balaban J connectivity index is 0. The smallest absolute Gasteiger partial charge is 0.411 e. The highest BCUT2D eigenvalue weighted by molar-refractivity contribution is 8.02. The van der Waals surface area contributed by atoms with Gasteiger partial charge in [-0.3, -0.25) is 30.0 Å². The molecule has 0 fully saturated rings. The van der Waals surface area contributed by atoms with Crippen molar-refractivity contribution in [1.29, 1.82) is 0 Å². The molecule has 7 N–H and O–H groups in total. The number of nitrogens with zero attached hydrogens (tertiary/aromatic N) is 2. The lowest BCUT2D eigenvalue weighted by molar-refractivity contribution is -0.385. The maximum atomic E-state index is 11.0. The molecule has 0 saturated heterocycles. The van der Waals surface area contributed by atoms with Crippen LogP contribution in [0.3, 0.4) is 0 Å². The summed E-state index contributed by atoms with van der Waals surface area (Å²) in [5, 5.41) is 20.6. The van der Waals surface area contributed by atoms with Crippen molar-refractivity contribution in [1.82, 2.24) is 15.3 Å². The Hall–Kier alpha value is -6.25. The number of fused-ring (bicyclic) bond motifs is 1. The number of aromatic amines is 1. The third-order valence-electron chi connectivity index (χ3n) is 4.28. The number of thioether (sulfide) groups is 1. The van der Waals surface area contributed by atoms with Gasteiger partial charge < -0.3 is 44.0 Å². The number of carboxylic acids is 1. The summed E-state index contributed by atoms with van der Waals surface area (Å²) in [5.74, 6) is -2.47. The molecule has 21 heteroatoms. The van der Waals surface area contributed by atoms with Crippen LogP contribution >= 0.6 is 11.8 Å². The van der Waals surface area contributed by atoms with Gasteiger partial charge in [0, 0.05) is 19.1 Å². The summed E-state index contributed by atoms with van der Waals surface area (Å²) in [4.78, 5) is 67.5. The van der Waals surface area contributed by atoms with Gasteiger partial charge in [-0.2, -0.15) is 0 Å². The van der Waals surface area contributed by atoms with E-state index in [1.165, 1.54) is 44.6 Å². The van der Waals surface area contributed by atoms with E-state index in [4.69, 9.17) is 30.2 Å². The van der Waals surface area contributed by atoms with Gasteiger partial charge in [-0.05, 0) is 6.26 Å². The fourth-order valence-corrected chi connectivity index (χ4v) is 2.56. The second kappa shape index (κ2) is 22.3. The first-order valence-electron chi connectivity index (χ1n) is 11.8. The molecule has 4 heterocycles. The predicted octanol–water partition coefficient (Wildman–Crippen LogP) is 3.62. The number of hydrogen-bond donors (Lipinski definition) is 5. The molecule has 0 aliphatic heterocycles. The van der Waals surface area contributed by atoms with E-state index >= 15 is 0 Å². The molecule has 0 aliphatic carbocycles. The molecule has 0 saturated carbocycles. The lowest BCUT2D eigenvalue weighted by atomic mass is 10.4. The van der Waals surface area contributed by atoms with Crippen LogP contribution in [0.25, 0.3) is 11.1 Å². The number of nitrogen functional groups attached to an aromatic ring is 2. The number of nitro groups is 1. The van der Waals surface area contributed by atoms with Crippen LogP contribution in [0.2, 0.25) is 0 Å². The van der Waals surface area contributed by atoms with E-state index in [0.29, 0.717) is 16.2 Å². The number of aromatic nitrogens is 2. The molecule has 0 aliphatic rings. The third-order valence-corrected chi connectivity index (χ3v) is 4.88. The quantitative estimate of drug-likeness (QED) is 0.0865. The van der Waals surface area contributed by atoms with Gasteiger partial charge in [-0.25, -0.2) is 19.4 Å². The Morgan fingerprint density at radius 1 is 1.00 bits per heavy atom. The molecule has 0 aromatic carbocycles. The van der Waals surface area contributed by atoms with Crippen LogP contribution in [0.4, 0.5) is 22.1 Å². The maximum Gasteiger partial charge on any atom is 0.411 e. The Morgan fingerprint density at radius 3 is 1.98 bits per heavy atom. The number of amides is 1. The topological polar surface area (TPSA) is 309 Å². The molecule has 258 valence electrons. The summed E-state index contributed by atoms with van der Waals surface area (Å²) in [6.45, 7) is 4.60. The number of furan rings is 3. The van der Waals surface area contributed by atoms with Gasteiger partial charge in [0.1, 0.15) is 5.52 Å². The average Bonchev–Trinajstić information content (AvgIpc) is 3.78. The lowest BCUT2D eigenvalue weighted by Gasteiger charge is -2.01. The molecule has 0 atom stereocenters. The van der Waals surface area contributed by atoms with Crippen molar-refractivity contribution in [3.05, 3.63) is 80.6 Å². The molecular formula is C26H34N6O14S. The minimum atomic E-state index is -0.855. The zero-order valence-corrected chi connectivity index (χ0v) is 25.7. The van der Waals surface area contributed by atoms with Crippen LogP contribution in [-0.4, -0.2) is 71.6 Å². The molecule has 1 amide bonds. The normalized spacial score (nSPS) is 8.96. The molecule has 4 aromatic rings. The Morgan fingerprint density at radius 2 is 1.51 bits per heavy atom. The van der Waals surface area contributed by atoms with Crippen LogP contribution in [0.5, 0.6) is 0 Å². The van der Waals surface area contributed by atoms with Crippen molar-refractivity contribution >= 4 is 64.2 Å². The van der Waals surface area contributed by atoms with Gasteiger partial charge in [-0.1, -0.05) is 14.0 Å². The van der Waals surface area contributed by atoms with Gasteiger partial charge in [0.05, 0.1) is 61.8 Å². The summed E-state index contributed by atoms with van der Waals surface area (Å²) in [6, 6.07) is 4.17. The first-order chi connectivity index (χ1) is 21.6. The molecule has 0 bridgehead atoms. The molecule has 20 nitrogen and oxygen atoms in total. The van der Waals surface area contributed by atoms with E-state index in [2.05, 4.69) is 40.5 Å². The number of nitrogens with two attached hydrogens (primary N) is 2. The van der Waals surface area contributed by atoms with Crippen molar-refractivity contribution in [2.45, 2.75) is 14.4 Å². The van der Waals surface area contributed by atoms with Crippen LogP contribution in [0.15, 0.2) is 66.6 Å². The number of H-pyrrole nitrogens is 1. The van der Waals surface area contributed by atoms with E-state index in [0.717, 1.165) is 26.4 Å². The Labute approximate surface area is 270 Å². The van der Waals surface area contributed by atoms with Gasteiger partial charge in [0.15, 0.2) is 0 Å². The largest absolute Gasteiger partial charge is 0.481 e. The van der Waals surface area contributed by atoms with Gasteiger partial charge in [0.2, 0.25) is 17.3 Å². The van der Waals surface area contributed by atoms with Crippen LogP contribution < -0.4 is 22.3 Å². The highest BCUT2D eigenvalue weighted by atomic mass is 32.2. The molecular weight excluding hydrogens is 652 g/mol. The number of carbonyl (C=O) groups is 4. The van der Waals surface area contributed by atoms with Gasteiger partial charge >= 0.3 is 23.7 Å². The number of carboxylic acid groups (broad SMARTS) is 1. The fraction of sp³-hybridized carbons (Fsp3) is 0.231. The standard InChI is InChI=1S/C6H5N3O2.C6H5NO5.C6H7NO3.C5H9NO2S.C2H4O2.CH4/c7-6-8-3-1-2-11-4(3)5(10)9-6;1-11-6(8)5-4(7(9)10)2-3-12-5;1-9-6(8)5-4(7)2-3-10-5;1-4(9-3)6-5(7)8-2;1-2(3)4;/h1-2H,(H3,7,8,9,10);2-3H,1H3;2-3H,7H2,1H3;1H2,2-3H3,(H,6,7);1H3,(H,3,4);1H4. The Bertz CT molecular complexity index is 1660. The van der Waals surface area contributed by atoms with Crippen LogP contribution in [0.1, 0.15) is 35.5 Å². The van der Waals surface area contributed by atoms with Crippen molar-refractivity contribution in [2.75, 3.05) is 39.1 Å². The average molecular weight is 687 g/mol. The van der Waals surface area contributed by atoms with Crippen LogP contribution in [-0.2, 0) is 19.0 Å². The summed E-state index contributed by atoms with van der Waals surface area (Å²) in [5.41, 5.74) is 10.8. The lowest BCUT2D eigenvalue weighted by Crippen LogP contribution is -2.19. The van der Waals surface area contributed by atoms with E-state index in [-0.39, 0.29) is 41.7 Å². The number of anilines is 2. The second-order valence-electron chi connectivity index (χ2n) is 7.43. The number of hydrogen-bond acceptors (Lipinski definition) is 17. The zero-order valence-electron chi connectivity index (χ0n) is 24.9. The number of methoxy groups -OCH3 is 3. The molecule has 4 rings (SSSR count). The van der Waals surface area contributed by atoms with Gasteiger partial charge in [0.25, 0.3) is 17.3 Å². The van der Waals surface area contributed by atoms with Crippen molar-refractivity contribution < 1.29 is 56.7 Å². The predicted molar refractivity (Wildman–Crippen MR) is 168 cm³/mol. The van der Waals surface area contributed by atoms with Crippen LogP contribution in [0, 0.1) is 10.1 Å². The second-order valence-corrected chi connectivity index (χ2v) is 8.33. The highest BCUT2D eigenvalue weighted by Gasteiger charge is 2.24. The zero-order chi connectivity index (χ0) is 35.4. The van der Waals surface area contributed by atoms with Gasteiger partial charge in [-0.15, -0.1) is 11.8 Å². The first kappa shape index (κ1) is 42.9. The molecule has 4 aromatic heterocycles. The van der Waals surface area contributed by atoms with E-state index in [1.54, 1.807) is 6.07 Å². The number of aliphatic carboxylic acids is 1. The summed E-state index contributed by atoms with van der Waals surface area (Å²) < 4.78 is 27.0. The fourth-order valence-electron chi connectivity index (χ4n) is 2.38. The van der Waals surface area contributed by atoms with E-state index in [1.807, 2.05) is 6.26 Å². The summed E-state index contributed by atoms with van der Waals surface area (Å²) in [7, 11) is 3.70. The number of esters is 2. The number of carbonyl (C=O) groups excluding carboxylic acids is 3. The third kappa shape index (κ3) is 15.9. The summed E-state index contributed by atoms with van der Waals surface area (Å²) in [6.07, 6.45) is 5.13. The van der Waals surface area contributed by atoms with Crippen molar-refractivity contribution in [3.8, 4) is 0 Å². The molecule has 0 spiro atoms. The van der Waals surface area contributed by atoms with E-state index in [9.17, 15) is 29.3 Å². The SMILES string of the molecule is C.C=C(NC(=O)OC)SC.CC(=O)O.COC(=O)c1occc1N.COC(=O)c1occc1[N+](=O)[O-].Nc1nc2ccoc2c(=O)[nH]1. The highest BCUT2D eigenvalue weighted by Crippen LogP contribution is 2.19. The van der Waals surface area contributed by atoms with E-state index < -0.39 is 28.9 Å². The maximum absolute atomic E-state index is 11.0. The van der Waals surface area contributed by atoms with Crippen molar-refractivity contribution in [2.24, 2.45) is 0 Å². The molecule has 0 radical (unpaired) electrons. The number of ether oxygens (including phenoxy) is 3. The minimum Gasteiger partial charge on any atom is -0.481 e. The molecule has 47 heavy (non-hydrogen) atoms. The minimum absolute atomic E-state index is 0. The summed E-state index contributed by atoms with van der Waals surface area (Å²) >= 11 is 1.36. The Kier molecular flexibility index (Phi) is 20.3. The number of rotatable bonds is 5. The monoisotopic (exact) mass is 686 g/mol.